The molecular formula is C19H18BrN5O3S. The SMILES string of the molecule is O=C(c1ccc(-n2ccnc2)nc1)N1CCN(S(=O)(=O)c2ccccc2Br)CC1. The first kappa shape index (κ1) is 19.7. The van der Waals surface area contributed by atoms with Crippen molar-refractivity contribution in [3.05, 3.63) is 71.4 Å². The number of halogens is 1. The molecule has 29 heavy (non-hydrogen) atoms. The van der Waals surface area contributed by atoms with Crippen LogP contribution in [-0.4, -0.2) is 64.2 Å². The maximum Gasteiger partial charge on any atom is 0.255 e. The maximum atomic E-state index is 12.9. The first-order chi connectivity index (χ1) is 14.0. The molecule has 0 bridgehead atoms. The lowest BCUT2D eigenvalue weighted by atomic mass is 10.2. The zero-order chi connectivity index (χ0) is 20.4. The normalized spacial score (nSPS) is 15.4. The zero-order valence-electron chi connectivity index (χ0n) is 15.3. The molecule has 1 aliphatic heterocycles. The number of sulfonamides is 1. The Morgan fingerprint density at radius 2 is 1.79 bits per heavy atom. The minimum atomic E-state index is -3.61. The van der Waals surface area contributed by atoms with Crippen molar-refractivity contribution in [2.45, 2.75) is 4.90 Å². The number of amides is 1. The molecule has 3 aromatic rings. The van der Waals surface area contributed by atoms with Gasteiger partial charge in [0.1, 0.15) is 12.1 Å². The van der Waals surface area contributed by atoms with Crippen LogP contribution in [0.5, 0.6) is 0 Å². The van der Waals surface area contributed by atoms with E-state index in [0.29, 0.717) is 28.9 Å². The number of nitrogens with zero attached hydrogens (tertiary/aromatic N) is 5. The summed E-state index contributed by atoms with van der Waals surface area (Å²) in [6.07, 6.45) is 6.59. The number of carbonyl (C=O) groups is 1. The molecule has 8 nitrogen and oxygen atoms in total. The number of piperazine rings is 1. The van der Waals surface area contributed by atoms with E-state index in [2.05, 4.69) is 25.9 Å². The molecule has 0 unspecified atom stereocenters. The van der Waals surface area contributed by atoms with Gasteiger partial charge in [-0.3, -0.25) is 9.36 Å². The fourth-order valence-electron chi connectivity index (χ4n) is 3.17. The summed E-state index contributed by atoms with van der Waals surface area (Å²) < 4.78 is 29.5. The van der Waals surface area contributed by atoms with Crippen molar-refractivity contribution >= 4 is 31.9 Å². The maximum absolute atomic E-state index is 12.9. The number of hydrogen-bond donors (Lipinski definition) is 0. The van der Waals surface area contributed by atoms with E-state index >= 15 is 0 Å². The number of rotatable bonds is 4. The van der Waals surface area contributed by atoms with Gasteiger partial charge < -0.3 is 4.90 Å². The second-order valence-electron chi connectivity index (χ2n) is 6.50. The quantitative estimate of drug-likeness (QED) is 0.576. The standard InChI is InChI=1S/C19H18BrN5O3S/c20-16-3-1-2-4-17(16)29(27,28)25-11-9-23(10-12-25)19(26)15-5-6-18(22-13-15)24-8-7-21-14-24/h1-8,13-14H,9-12H2. The molecule has 0 atom stereocenters. The molecular weight excluding hydrogens is 458 g/mol. The minimum Gasteiger partial charge on any atom is -0.336 e. The van der Waals surface area contributed by atoms with Gasteiger partial charge in [0.2, 0.25) is 10.0 Å². The molecule has 1 amide bonds. The van der Waals surface area contributed by atoms with E-state index in [1.807, 2.05) is 0 Å². The third-order valence-electron chi connectivity index (χ3n) is 4.74. The highest BCUT2D eigenvalue weighted by Gasteiger charge is 2.31. The molecule has 1 aliphatic rings. The van der Waals surface area contributed by atoms with Gasteiger partial charge in [-0.2, -0.15) is 4.31 Å². The van der Waals surface area contributed by atoms with Crippen LogP contribution in [0.1, 0.15) is 10.4 Å². The van der Waals surface area contributed by atoms with Gasteiger partial charge in [0.15, 0.2) is 0 Å². The van der Waals surface area contributed by atoms with Crippen molar-refractivity contribution in [2.24, 2.45) is 0 Å². The van der Waals surface area contributed by atoms with E-state index < -0.39 is 10.0 Å². The van der Waals surface area contributed by atoms with E-state index in [1.165, 1.54) is 10.5 Å². The lowest BCUT2D eigenvalue weighted by Gasteiger charge is -2.34. The summed E-state index contributed by atoms with van der Waals surface area (Å²) in [7, 11) is -3.61. The summed E-state index contributed by atoms with van der Waals surface area (Å²) in [4.78, 5) is 22.9. The Balaban J connectivity index is 1.43. The van der Waals surface area contributed by atoms with Gasteiger partial charge in [-0.1, -0.05) is 12.1 Å². The smallest absolute Gasteiger partial charge is 0.255 e. The Morgan fingerprint density at radius 3 is 2.41 bits per heavy atom. The largest absolute Gasteiger partial charge is 0.336 e. The third kappa shape index (κ3) is 3.96. The van der Waals surface area contributed by atoms with Gasteiger partial charge >= 0.3 is 0 Å². The average Bonchev–Trinajstić information content (AvgIpc) is 3.28. The number of hydrogen-bond acceptors (Lipinski definition) is 5. The van der Waals surface area contributed by atoms with Crippen LogP contribution in [0.4, 0.5) is 0 Å². The summed E-state index contributed by atoms with van der Waals surface area (Å²) in [5.74, 6) is 0.510. The minimum absolute atomic E-state index is 0.160. The van der Waals surface area contributed by atoms with Crippen LogP contribution in [0.2, 0.25) is 0 Å². The molecule has 0 spiro atoms. The first-order valence-corrected chi connectivity index (χ1v) is 11.2. The number of aromatic nitrogens is 3. The van der Waals surface area contributed by atoms with Crippen LogP contribution in [0.15, 0.2) is 70.7 Å². The summed E-state index contributed by atoms with van der Waals surface area (Å²) in [6, 6.07) is 10.2. The molecule has 4 rings (SSSR count). The van der Waals surface area contributed by atoms with Crippen molar-refractivity contribution in [2.75, 3.05) is 26.2 Å². The average molecular weight is 476 g/mol. The van der Waals surface area contributed by atoms with E-state index in [9.17, 15) is 13.2 Å². The summed E-state index contributed by atoms with van der Waals surface area (Å²) in [5.41, 5.74) is 0.468. The van der Waals surface area contributed by atoms with Crippen LogP contribution in [0.3, 0.4) is 0 Å². The summed E-state index contributed by atoms with van der Waals surface area (Å²) in [6.45, 7) is 1.14. The molecule has 0 radical (unpaired) electrons. The topological polar surface area (TPSA) is 88.4 Å². The lowest BCUT2D eigenvalue weighted by Crippen LogP contribution is -2.50. The molecule has 3 heterocycles. The predicted octanol–water partition coefficient (Wildman–Crippen LogP) is 2.18. The lowest BCUT2D eigenvalue weighted by molar-refractivity contribution is 0.0697. The Morgan fingerprint density at radius 1 is 1.03 bits per heavy atom. The highest BCUT2D eigenvalue weighted by molar-refractivity contribution is 9.10. The number of benzene rings is 1. The number of pyridine rings is 1. The summed E-state index contributed by atoms with van der Waals surface area (Å²) in [5, 5.41) is 0. The van der Waals surface area contributed by atoms with Gasteiger partial charge in [-0.15, -0.1) is 0 Å². The molecule has 0 saturated carbocycles. The van der Waals surface area contributed by atoms with Crippen molar-refractivity contribution in [1.29, 1.82) is 0 Å². The van der Waals surface area contributed by atoms with Crippen molar-refractivity contribution in [3.63, 3.8) is 0 Å². The monoisotopic (exact) mass is 475 g/mol. The zero-order valence-corrected chi connectivity index (χ0v) is 17.8. The molecule has 1 fully saturated rings. The fraction of sp³-hybridized carbons (Fsp3) is 0.211. The van der Waals surface area contributed by atoms with Gasteiger partial charge in [0.05, 0.1) is 10.5 Å². The first-order valence-electron chi connectivity index (χ1n) is 8.95. The molecule has 0 N–H and O–H groups in total. The highest BCUT2D eigenvalue weighted by atomic mass is 79.9. The predicted molar refractivity (Wildman–Crippen MR) is 110 cm³/mol. The third-order valence-corrected chi connectivity index (χ3v) is 7.65. The Bertz CT molecular complexity index is 1110. The number of carbonyl (C=O) groups excluding carboxylic acids is 1. The van der Waals surface area contributed by atoms with Gasteiger partial charge in [-0.05, 0) is 40.2 Å². The molecule has 10 heteroatoms. The summed E-state index contributed by atoms with van der Waals surface area (Å²) >= 11 is 3.30. The Labute approximate surface area is 177 Å². The van der Waals surface area contributed by atoms with Crippen LogP contribution in [0, 0.1) is 0 Å². The van der Waals surface area contributed by atoms with E-state index in [4.69, 9.17) is 0 Å². The molecule has 1 aromatic carbocycles. The van der Waals surface area contributed by atoms with Crippen molar-refractivity contribution in [3.8, 4) is 5.82 Å². The van der Waals surface area contributed by atoms with Crippen molar-refractivity contribution in [1.82, 2.24) is 23.7 Å². The Hall–Kier alpha value is -2.56. The molecule has 2 aromatic heterocycles. The molecule has 0 aliphatic carbocycles. The van der Waals surface area contributed by atoms with Crippen LogP contribution < -0.4 is 0 Å². The second kappa shape index (κ2) is 8.05. The van der Waals surface area contributed by atoms with Gasteiger partial charge in [-0.25, -0.2) is 18.4 Å². The van der Waals surface area contributed by atoms with Gasteiger partial charge in [0.25, 0.3) is 5.91 Å². The molecule has 1 saturated heterocycles. The van der Waals surface area contributed by atoms with Crippen molar-refractivity contribution < 1.29 is 13.2 Å². The Kier molecular flexibility index (Phi) is 5.48. The van der Waals surface area contributed by atoms with Crippen LogP contribution in [0.25, 0.3) is 5.82 Å². The van der Waals surface area contributed by atoms with Crippen LogP contribution in [-0.2, 0) is 10.0 Å². The second-order valence-corrected chi connectivity index (χ2v) is 9.26. The molecule has 150 valence electrons. The highest BCUT2D eigenvalue weighted by Crippen LogP contribution is 2.25. The van der Waals surface area contributed by atoms with E-state index in [-0.39, 0.29) is 23.9 Å². The van der Waals surface area contributed by atoms with E-state index in [0.717, 1.165) is 0 Å². The number of imidazole rings is 1. The fourth-order valence-corrected chi connectivity index (χ4v) is 5.55. The van der Waals surface area contributed by atoms with Crippen LogP contribution >= 0.6 is 15.9 Å². The van der Waals surface area contributed by atoms with E-state index in [1.54, 1.807) is 64.6 Å². The van der Waals surface area contributed by atoms with Gasteiger partial charge in [0, 0.05) is 49.2 Å².